The monoisotopic (exact) mass is 488 g/mol. The number of carbonyl (C=O) groups is 3. The molecule has 3 N–H and O–H groups in total. The SMILES string of the molecule is CC(C)C[C@H](CNC(=O)C(F)(F)CNC(=O)OCC1c2ccccc2-c2ccccc21)CC(=O)O. The summed E-state index contributed by atoms with van der Waals surface area (Å²) in [6.07, 6.45) is -0.819. The van der Waals surface area contributed by atoms with E-state index in [0.29, 0.717) is 6.42 Å². The first-order chi connectivity index (χ1) is 16.6. The van der Waals surface area contributed by atoms with E-state index in [-0.39, 0.29) is 31.4 Å². The van der Waals surface area contributed by atoms with Gasteiger partial charge in [-0.2, -0.15) is 8.78 Å². The topological polar surface area (TPSA) is 105 Å². The summed E-state index contributed by atoms with van der Waals surface area (Å²) in [7, 11) is 0. The zero-order valence-electron chi connectivity index (χ0n) is 19.7. The summed E-state index contributed by atoms with van der Waals surface area (Å²) in [6, 6.07) is 15.5. The maximum Gasteiger partial charge on any atom is 0.407 e. The molecule has 0 aliphatic heterocycles. The van der Waals surface area contributed by atoms with Crippen molar-refractivity contribution in [3.05, 3.63) is 59.7 Å². The van der Waals surface area contributed by atoms with Crippen molar-refractivity contribution >= 4 is 18.0 Å². The van der Waals surface area contributed by atoms with Gasteiger partial charge in [0.1, 0.15) is 6.61 Å². The quantitative estimate of drug-likeness (QED) is 0.435. The maximum atomic E-state index is 14.3. The van der Waals surface area contributed by atoms with E-state index in [1.165, 1.54) is 0 Å². The fraction of sp³-hybridized carbons (Fsp3) is 0.423. The Kier molecular flexibility index (Phi) is 8.43. The van der Waals surface area contributed by atoms with E-state index >= 15 is 0 Å². The second-order valence-corrected chi connectivity index (χ2v) is 9.19. The lowest BCUT2D eigenvalue weighted by molar-refractivity contribution is -0.145. The molecule has 0 spiro atoms. The van der Waals surface area contributed by atoms with Crippen LogP contribution in [0.3, 0.4) is 0 Å². The minimum Gasteiger partial charge on any atom is -0.481 e. The summed E-state index contributed by atoms with van der Waals surface area (Å²) in [6.45, 7) is 2.30. The zero-order chi connectivity index (χ0) is 25.6. The predicted molar refractivity (Wildman–Crippen MR) is 126 cm³/mol. The van der Waals surface area contributed by atoms with Crippen LogP contribution in [0.25, 0.3) is 11.1 Å². The average Bonchev–Trinajstić information content (AvgIpc) is 3.12. The highest BCUT2D eigenvalue weighted by molar-refractivity contribution is 5.84. The van der Waals surface area contributed by atoms with Crippen molar-refractivity contribution in [1.29, 1.82) is 0 Å². The Bertz CT molecular complexity index is 1030. The minimum absolute atomic E-state index is 0.0380. The van der Waals surface area contributed by atoms with E-state index < -0.39 is 36.4 Å². The van der Waals surface area contributed by atoms with Gasteiger partial charge in [-0.1, -0.05) is 62.4 Å². The van der Waals surface area contributed by atoms with Crippen LogP contribution in [0.1, 0.15) is 43.7 Å². The van der Waals surface area contributed by atoms with E-state index in [2.05, 4.69) is 5.32 Å². The lowest BCUT2D eigenvalue weighted by atomic mass is 9.94. The maximum absolute atomic E-state index is 14.3. The highest BCUT2D eigenvalue weighted by atomic mass is 19.3. The van der Waals surface area contributed by atoms with E-state index in [1.807, 2.05) is 67.7 Å². The molecule has 2 aromatic rings. The van der Waals surface area contributed by atoms with Crippen molar-refractivity contribution < 1.29 is 33.0 Å². The zero-order valence-corrected chi connectivity index (χ0v) is 19.7. The predicted octanol–water partition coefficient (Wildman–Crippen LogP) is 4.41. The van der Waals surface area contributed by atoms with Gasteiger partial charge in [0.2, 0.25) is 0 Å². The van der Waals surface area contributed by atoms with Crippen LogP contribution < -0.4 is 10.6 Å². The number of carboxylic acid groups (broad SMARTS) is 1. The number of ether oxygens (including phenoxy) is 1. The summed E-state index contributed by atoms with van der Waals surface area (Å²) >= 11 is 0. The highest BCUT2D eigenvalue weighted by Crippen LogP contribution is 2.44. The van der Waals surface area contributed by atoms with E-state index in [1.54, 1.807) is 0 Å². The lowest BCUT2D eigenvalue weighted by Gasteiger charge is -2.21. The van der Waals surface area contributed by atoms with Gasteiger partial charge in [0.25, 0.3) is 5.91 Å². The molecule has 0 saturated heterocycles. The molecule has 0 aromatic heterocycles. The lowest BCUT2D eigenvalue weighted by Crippen LogP contribution is -2.49. The van der Waals surface area contributed by atoms with Gasteiger partial charge in [-0.3, -0.25) is 9.59 Å². The summed E-state index contributed by atoms with van der Waals surface area (Å²) in [4.78, 5) is 35.1. The van der Waals surface area contributed by atoms with Crippen molar-refractivity contribution in [2.75, 3.05) is 19.7 Å². The molecule has 35 heavy (non-hydrogen) atoms. The third-order valence-electron chi connectivity index (χ3n) is 5.95. The molecule has 0 heterocycles. The first kappa shape index (κ1) is 26.1. The van der Waals surface area contributed by atoms with Crippen molar-refractivity contribution in [1.82, 2.24) is 10.6 Å². The molecule has 0 fully saturated rings. The molecule has 3 rings (SSSR count). The van der Waals surface area contributed by atoms with Crippen LogP contribution in [-0.2, 0) is 14.3 Å². The van der Waals surface area contributed by atoms with Crippen LogP contribution >= 0.6 is 0 Å². The molecule has 2 amide bonds. The van der Waals surface area contributed by atoms with Gasteiger partial charge in [-0.15, -0.1) is 0 Å². The molecule has 2 aromatic carbocycles. The van der Waals surface area contributed by atoms with Gasteiger partial charge in [-0.25, -0.2) is 4.79 Å². The first-order valence-electron chi connectivity index (χ1n) is 11.5. The molecule has 7 nitrogen and oxygen atoms in total. The van der Waals surface area contributed by atoms with Crippen LogP contribution in [0.15, 0.2) is 48.5 Å². The fourth-order valence-corrected chi connectivity index (χ4v) is 4.43. The Labute approximate surface area is 202 Å². The van der Waals surface area contributed by atoms with Crippen molar-refractivity contribution in [2.45, 2.75) is 38.5 Å². The number of halogens is 2. The van der Waals surface area contributed by atoms with Crippen LogP contribution in [0.5, 0.6) is 0 Å². The molecule has 1 aliphatic rings. The molecular weight excluding hydrogens is 458 g/mol. The number of nitrogens with one attached hydrogen (secondary N) is 2. The smallest absolute Gasteiger partial charge is 0.407 e. The number of amides is 2. The minimum atomic E-state index is -3.88. The van der Waals surface area contributed by atoms with Gasteiger partial charge in [-0.05, 0) is 40.5 Å². The molecule has 188 valence electrons. The molecule has 1 atom stereocenters. The second kappa shape index (κ2) is 11.3. The largest absolute Gasteiger partial charge is 0.481 e. The number of carbonyl (C=O) groups excluding carboxylic acids is 2. The fourth-order valence-electron chi connectivity index (χ4n) is 4.43. The van der Waals surface area contributed by atoms with Crippen LogP contribution in [0.4, 0.5) is 13.6 Å². The van der Waals surface area contributed by atoms with Crippen LogP contribution in [0.2, 0.25) is 0 Å². The molecule has 9 heteroatoms. The number of hydrogen-bond acceptors (Lipinski definition) is 4. The van der Waals surface area contributed by atoms with Gasteiger partial charge < -0.3 is 20.5 Å². The molecule has 0 bridgehead atoms. The Morgan fingerprint density at radius 1 is 1.00 bits per heavy atom. The average molecular weight is 489 g/mol. The summed E-state index contributed by atoms with van der Waals surface area (Å²) < 4.78 is 33.8. The second-order valence-electron chi connectivity index (χ2n) is 9.19. The number of alkyl carbamates (subject to hydrolysis) is 1. The van der Waals surface area contributed by atoms with Gasteiger partial charge in [0, 0.05) is 18.9 Å². The van der Waals surface area contributed by atoms with Crippen LogP contribution in [0, 0.1) is 11.8 Å². The van der Waals surface area contributed by atoms with Gasteiger partial charge in [0.15, 0.2) is 0 Å². The third-order valence-corrected chi connectivity index (χ3v) is 5.95. The van der Waals surface area contributed by atoms with Crippen molar-refractivity contribution in [3.8, 4) is 11.1 Å². The number of fused-ring (bicyclic) bond motifs is 3. The summed E-state index contributed by atoms with van der Waals surface area (Å²) in [5, 5.41) is 13.1. The van der Waals surface area contributed by atoms with E-state index in [0.717, 1.165) is 22.3 Å². The van der Waals surface area contributed by atoms with E-state index in [4.69, 9.17) is 9.84 Å². The molecular formula is C26H30F2N2O5. The Hall–Kier alpha value is -3.49. The summed E-state index contributed by atoms with van der Waals surface area (Å²) in [5.41, 5.74) is 4.06. The highest BCUT2D eigenvalue weighted by Gasteiger charge is 2.39. The first-order valence-corrected chi connectivity index (χ1v) is 11.5. The normalized spacial score (nSPS) is 13.6. The number of rotatable bonds is 11. The molecule has 0 unspecified atom stereocenters. The number of hydrogen-bond donors (Lipinski definition) is 3. The Morgan fingerprint density at radius 2 is 1.57 bits per heavy atom. The van der Waals surface area contributed by atoms with Gasteiger partial charge in [0.05, 0.1) is 6.54 Å². The van der Waals surface area contributed by atoms with Crippen molar-refractivity contribution in [2.24, 2.45) is 11.8 Å². The number of carboxylic acids is 1. The number of benzene rings is 2. The van der Waals surface area contributed by atoms with Crippen LogP contribution in [-0.4, -0.2) is 48.7 Å². The number of aliphatic carboxylic acids is 1. The molecule has 0 radical (unpaired) electrons. The standard InChI is InChI=1S/C26H30F2N2O5/c1-16(2)11-17(12-23(31)32)13-29-24(33)26(27,28)15-30-25(34)35-14-22-20-9-5-3-7-18(20)19-8-4-6-10-21(19)22/h3-10,16-17,22H,11-15H2,1-2H3,(H,29,33)(H,30,34)(H,31,32)/t17-/m0/s1. The summed E-state index contributed by atoms with van der Waals surface area (Å²) in [5.74, 6) is -7.06. The third kappa shape index (κ3) is 6.77. The van der Waals surface area contributed by atoms with Gasteiger partial charge >= 0.3 is 18.0 Å². The molecule has 1 aliphatic carbocycles. The van der Waals surface area contributed by atoms with E-state index in [9.17, 15) is 23.2 Å². The number of alkyl halides is 2. The Morgan fingerprint density at radius 3 is 2.11 bits per heavy atom. The Balaban J connectivity index is 1.51. The van der Waals surface area contributed by atoms with Crippen molar-refractivity contribution in [3.63, 3.8) is 0 Å². The molecule has 0 saturated carbocycles.